The molecule has 98 valence electrons. The third kappa shape index (κ3) is 2.50. The zero-order chi connectivity index (χ0) is 13.3. The number of hydrogen-bond acceptors (Lipinski definition) is 2. The summed E-state index contributed by atoms with van der Waals surface area (Å²) >= 11 is 0. The molecule has 0 saturated carbocycles. The Hall–Kier alpha value is -1.51. The summed E-state index contributed by atoms with van der Waals surface area (Å²) in [6.07, 6.45) is 4.77. The highest BCUT2D eigenvalue weighted by atomic mass is 16.4. The summed E-state index contributed by atoms with van der Waals surface area (Å²) in [7, 11) is 0. The Bertz CT molecular complexity index is 475. The van der Waals surface area contributed by atoms with Gasteiger partial charge in [-0.25, -0.2) is 0 Å². The molecule has 1 aliphatic rings. The second-order valence-electron chi connectivity index (χ2n) is 5.82. The highest BCUT2D eigenvalue weighted by Crippen LogP contribution is 2.32. The van der Waals surface area contributed by atoms with Crippen LogP contribution in [0.1, 0.15) is 43.4 Å². The average Bonchev–Trinajstić information content (AvgIpc) is 2.29. The second kappa shape index (κ2) is 4.63. The SMILES string of the molecule is CC(C)(Cc1cc2c(cc1O)CCCC2)C(=O)O. The number of phenolic OH excluding ortho intramolecular Hbond substituents is 1. The topological polar surface area (TPSA) is 57.5 Å². The second-order valence-corrected chi connectivity index (χ2v) is 5.82. The first kappa shape index (κ1) is 12.9. The quantitative estimate of drug-likeness (QED) is 0.864. The number of fused-ring (bicyclic) bond motifs is 1. The van der Waals surface area contributed by atoms with Crippen molar-refractivity contribution in [2.75, 3.05) is 0 Å². The smallest absolute Gasteiger partial charge is 0.309 e. The maximum atomic E-state index is 11.1. The molecule has 0 heterocycles. The lowest BCUT2D eigenvalue weighted by Crippen LogP contribution is -2.26. The normalized spacial score (nSPS) is 15.2. The third-order valence-corrected chi connectivity index (χ3v) is 3.75. The van der Waals surface area contributed by atoms with Gasteiger partial charge in [0, 0.05) is 0 Å². The fourth-order valence-corrected chi connectivity index (χ4v) is 2.52. The molecule has 0 fully saturated rings. The van der Waals surface area contributed by atoms with E-state index in [0.717, 1.165) is 18.4 Å². The minimum absolute atomic E-state index is 0.241. The number of aromatic hydroxyl groups is 1. The van der Waals surface area contributed by atoms with Gasteiger partial charge in [-0.2, -0.15) is 0 Å². The zero-order valence-electron chi connectivity index (χ0n) is 11.0. The molecule has 0 amide bonds. The third-order valence-electron chi connectivity index (χ3n) is 3.75. The molecule has 0 aliphatic heterocycles. The van der Waals surface area contributed by atoms with Crippen LogP contribution in [0.15, 0.2) is 12.1 Å². The Morgan fingerprint density at radius 2 is 1.78 bits per heavy atom. The fourth-order valence-electron chi connectivity index (χ4n) is 2.52. The number of hydrogen-bond donors (Lipinski definition) is 2. The van der Waals surface area contributed by atoms with E-state index in [9.17, 15) is 9.90 Å². The fraction of sp³-hybridized carbons (Fsp3) is 0.533. The number of carboxylic acid groups (broad SMARTS) is 1. The molecule has 0 atom stereocenters. The van der Waals surface area contributed by atoms with Crippen LogP contribution in [0.25, 0.3) is 0 Å². The van der Waals surface area contributed by atoms with Gasteiger partial charge in [0.15, 0.2) is 0 Å². The summed E-state index contributed by atoms with van der Waals surface area (Å²) in [4.78, 5) is 11.1. The van der Waals surface area contributed by atoms with Crippen LogP contribution in [0, 0.1) is 5.41 Å². The lowest BCUT2D eigenvalue weighted by Gasteiger charge is -2.22. The minimum atomic E-state index is -0.847. The van der Waals surface area contributed by atoms with E-state index in [-0.39, 0.29) is 5.75 Å². The molecule has 2 rings (SSSR count). The monoisotopic (exact) mass is 248 g/mol. The van der Waals surface area contributed by atoms with E-state index in [1.807, 2.05) is 12.1 Å². The van der Waals surface area contributed by atoms with E-state index in [4.69, 9.17) is 5.11 Å². The molecule has 0 saturated heterocycles. The summed E-state index contributed by atoms with van der Waals surface area (Å²) < 4.78 is 0. The Labute approximate surface area is 107 Å². The first-order chi connectivity index (χ1) is 8.40. The lowest BCUT2D eigenvalue weighted by atomic mass is 9.83. The van der Waals surface area contributed by atoms with Gasteiger partial charge in [0.2, 0.25) is 0 Å². The molecule has 0 aromatic heterocycles. The Balaban J connectivity index is 2.31. The molecule has 1 aromatic carbocycles. The van der Waals surface area contributed by atoms with Crippen molar-refractivity contribution in [3.63, 3.8) is 0 Å². The molecule has 0 spiro atoms. The molecular weight excluding hydrogens is 228 g/mol. The van der Waals surface area contributed by atoms with Crippen LogP contribution in [-0.4, -0.2) is 16.2 Å². The van der Waals surface area contributed by atoms with Crippen molar-refractivity contribution >= 4 is 5.97 Å². The summed E-state index contributed by atoms with van der Waals surface area (Å²) in [6.45, 7) is 3.38. The van der Waals surface area contributed by atoms with Crippen molar-refractivity contribution in [3.8, 4) is 5.75 Å². The summed E-state index contributed by atoms with van der Waals surface area (Å²) in [5.74, 6) is -0.593. The van der Waals surface area contributed by atoms with Gasteiger partial charge in [-0.1, -0.05) is 6.07 Å². The largest absolute Gasteiger partial charge is 0.508 e. The van der Waals surface area contributed by atoms with Crippen LogP contribution in [0.3, 0.4) is 0 Å². The van der Waals surface area contributed by atoms with Gasteiger partial charge in [-0.3, -0.25) is 4.79 Å². The Kier molecular flexibility index (Phi) is 3.33. The van der Waals surface area contributed by atoms with Crippen LogP contribution in [0.5, 0.6) is 5.75 Å². The van der Waals surface area contributed by atoms with Gasteiger partial charge in [0.25, 0.3) is 0 Å². The number of carboxylic acids is 1. The van der Waals surface area contributed by atoms with Crippen LogP contribution >= 0.6 is 0 Å². The predicted molar refractivity (Wildman–Crippen MR) is 69.9 cm³/mol. The summed E-state index contributed by atoms with van der Waals surface area (Å²) in [5, 5.41) is 19.2. The summed E-state index contributed by atoms with van der Waals surface area (Å²) in [6, 6.07) is 3.82. The highest BCUT2D eigenvalue weighted by Gasteiger charge is 2.29. The molecule has 2 N–H and O–H groups in total. The average molecular weight is 248 g/mol. The van der Waals surface area contributed by atoms with E-state index >= 15 is 0 Å². The van der Waals surface area contributed by atoms with Crippen LogP contribution in [-0.2, 0) is 24.1 Å². The van der Waals surface area contributed by atoms with Gasteiger partial charge >= 0.3 is 5.97 Å². The number of rotatable bonds is 3. The maximum Gasteiger partial charge on any atom is 0.309 e. The van der Waals surface area contributed by atoms with Crippen molar-refractivity contribution in [1.82, 2.24) is 0 Å². The molecule has 0 bridgehead atoms. The number of phenols is 1. The van der Waals surface area contributed by atoms with E-state index in [2.05, 4.69) is 0 Å². The van der Waals surface area contributed by atoms with Crippen LogP contribution in [0.2, 0.25) is 0 Å². The van der Waals surface area contributed by atoms with Crippen molar-refractivity contribution in [2.45, 2.75) is 46.0 Å². The Morgan fingerprint density at radius 1 is 1.22 bits per heavy atom. The van der Waals surface area contributed by atoms with Gasteiger partial charge in [-0.15, -0.1) is 0 Å². The molecule has 0 unspecified atom stereocenters. The van der Waals surface area contributed by atoms with E-state index in [0.29, 0.717) is 6.42 Å². The highest BCUT2D eigenvalue weighted by molar-refractivity contribution is 5.74. The molecule has 3 nitrogen and oxygen atoms in total. The first-order valence-corrected chi connectivity index (χ1v) is 6.47. The van der Waals surface area contributed by atoms with Crippen molar-refractivity contribution < 1.29 is 15.0 Å². The number of benzene rings is 1. The molecule has 18 heavy (non-hydrogen) atoms. The zero-order valence-corrected chi connectivity index (χ0v) is 11.0. The number of carbonyl (C=O) groups is 1. The molecule has 1 aliphatic carbocycles. The number of aryl methyl sites for hydroxylation is 2. The lowest BCUT2D eigenvalue weighted by molar-refractivity contribution is -0.146. The standard InChI is InChI=1S/C15H20O3/c1-15(2,14(17)18)9-12-7-10-5-3-4-6-11(10)8-13(12)16/h7-8,16H,3-6,9H2,1-2H3,(H,17,18). The van der Waals surface area contributed by atoms with E-state index < -0.39 is 11.4 Å². The molecule has 3 heteroatoms. The number of aliphatic carboxylic acids is 1. The van der Waals surface area contributed by atoms with Crippen LogP contribution < -0.4 is 0 Å². The van der Waals surface area contributed by atoms with Crippen molar-refractivity contribution in [3.05, 3.63) is 28.8 Å². The molecule has 0 radical (unpaired) electrons. The Morgan fingerprint density at radius 3 is 2.33 bits per heavy atom. The first-order valence-electron chi connectivity index (χ1n) is 6.47. The van der Waals surface area contributed by atoms with Gasteiger partial charge in [-0.05, 0) is 68.7 Å². The van der Waals surface area contributed by atoms with Crippen molar-refractivity contribution in [2.24, 2.45) is 5.41 Å². The van der Waals surface area contributed by atoms with Gasteiger partial charge < -0.3 is 10.2 Å². The predicted octanol–water partition coefficient (Wildman–Crippen LogP) is 2.92. The minimum Gasteiger partial charge on any atom is -0.508 e. The molecule has 1 aromatic rings. The summed E-state index contributed by atoms with van der Waals surface area (Å²) in [5.41, 5.74) is 2.40. The van der Waals surface area contributed by atoms with Crippen molar-refractivity contribution in [1.29, 1.82) is 0 Å². The molecular formula is C15H20O3. The van der Waals surface area contributed by atoms with Crippen LogP contribution in [0.4, 0.5) is 0 Å². The maximum absolute atomic E-state index is 11.1. The van der Waals surface area contributed by atoms with Gasteiger partial charge in [0.05, 0.1) is 5.41 Å². The van der Waals surface area contributed by atoms with E-state index in [1.165, 1.54) is 24.0 Å². The van der Waals surface area contributed by atoms with E-state index in [1.54, 1.807) is 13.8 Å². The van der Waals surface area contributed by atoms with Gasteiger partial charge in [0.1, 0.15) is 5.75 Å².